The average Bonchev–Trinajstić information content (AvgIpc) is 3.21. The van der Waals surface area contributed by atoms with E-state index in [1.807, 2.05) is 17.8 Å². The molecule has 1 unspecified atom stereocenters. The van der Waals surface area contributed by atoms with E-state index in [1.165, 1.54) is 5.56 Å². The predicted molar refractivity (Wildman–Crippen MR) is 104 cm³/mol. The lowest BCUT2D eigenvalue weighted by Gasteiger charge is -2.21. The third-order valence-corrected chi connectivity index (χ3v) is 6.43. The first-order chi connectivity index (χ1) is 12.3. The summed E-state index contributed by atoms with van der Waals surface area (Å²) in [6.07, 6.45) is 2.42. The molecule has 1 aromatic heterocycles. The van der Waals surface area contributed by atoms with Crippen molar-refractivity contribution in [2.45, 2.75) is 25.5 Å². The highest BCUT2D eigenvalue weighted by atomic mass is 32.2. The molecule has 136 valence electrons. The van der Waals surface area contributed by atoms with Crippen molar-refractivity contribution in [3.05, 3.63) is 53.7 Å². The second-order valence-electron chi connectivity index (χ2n) is 7.04. The number of primary sulfonamides is 1. The highest BCUT2D eigenvalue weighted by Crippen LogP contribution is 2.31. The number of sulfonamides is 1. The van der Waals surface area contributed by atoms with E-state index in [0.29, 0.717) is 19.5 Å². The molecular formula is C19H22N4O2S. The summed E-state index contributed by atoms with van der Waals surface area (Å²) in [5.41, 5.74) is 5.42. The maximum absolute atomic E-state index is 11.6. The van der Waals surface area contributed by atoms with Gasteiger partial charge in [-0.3, -0.25) is 0 Å². The molecule has 2 aromatic carbocycles. The maximum atomic E-state index is 11.6. The molecule has 6 nitrogen and oxygen atoms in total. The first-order valence-electron chi connectivity index (χ1n) is 8.65. The lowest BCUT2D eigenvalue weighted by Crippen LogP contribution is -2.31. The molecule has 7 heteroatoms. The summed E-state index contributed by atoms with van der Waals surface area (Å²) < 4.78 is 25.2. The van der Waals surface area contributed by atoms with E-state index in [2.05, 4.69) is 53.3 Å². The number of nitrogens with two attached hydrogens (primary N) is 1. The Morgan fingerprint density at radius 2 is 1.88 bits per heavy atom. The molecule has 1 saturated heterocycles. The molecule has 2 heterocycles. The number of aromatic nitrogens is 2. The van der Waals surface area contributed by atoms with Crippen molar-refractivity contribution < 1.29 is 8.42 Å². The van der Waals surface area contributed by atoms with Gasteiger partial charge in [0.05, 0.1) is 22.7 Å². The second kappa shape index (κ2) is 6.10. The Morgan fingerprint density at radius 1 is 1.15 bits per heavy atom. The van der Waals surface area contributed by atoms with E-state index in [-0.39, 0.29) is 0 Å². The van der Waals surface area contributed by atoms with Crippen LogP contribution < -0.4 is 10.0 Å². The van der Waals surface area contributed by atoms with Gasteiger partial charge in [0.25, 0.3) is 0 Å². The highest BCUT2D eigenvalue weighted by Gasteiger charge is 2.31. The zero-order valence-electron chi connectivity index (χ0n) is 14.9. The van der Waals surface area contributed by atoms with Crippen LogP contribution in [0.2, 0.25) is 0 Å². The van der Waals surface area contributed by atoms with Crippen LogP contribution in [0.1, 0.15) is 17.5 Å². The van der Waals surface area contributed by atoms with Crippen molar-refractivity contribution in [2.24, 2.45) is 5.14 Å². The minimum absolute atomic E-state index is 0.442. The quantitative estimate of drug-likeness (QED) is 0.768. The molecule has 26 heavy (non-hydrogen) atoms. The normalized spacial score (nSPS) is 18.0. The lowest BCUT2D eigenvalue weighted by molar-refractivity contribution is 0.585. The zero-order chi connectivity index (χ0) is 18.5. The van der Waals surface area contributed by atoms with Gasteiger partial charge in [0.15, 0.2) is 0 Å². The van der Waals surface area contributed by atoms with Crippen molar-refractivity contribution in [1.29, 1.82) is 0 Å². The third kappa shape index (κ3) is 2.97. The Hall–Kier alpha value is -2.38. The van der Waals surface area contributed by atoms with Gasteiger partial charge >= 0.3 is 0 Å². The number of hydrogen-bond acceptors (Lipinski definition) is 4. The second-order valence-corrected chi connectivity index (χ2v) is 8.88. The van der Waals surface area contributed by atoms with Crippen LogP contribution in [-0.4, -0.2) is 36.5 Å². The Balaban J connectivity index is 1.72. The van der Waals surface area contributed by atoms with Gasteiger partial charge in [0.1, 0.15) is 0 Å². The fourth-order valence-electron chi connectivity index (χ4n) is 3.61. The zero-order valence-corrected chi connectivity index (χ0v) is 15.7. The van der Waals surface area contributed by atoms with Crippen LogP contribution in [-0.2, 0) is 10.0 Å². The molecule has 1 aliphatic heterocycles. The van der Waals surface area contributed by atoms with Crippen LogP contribution in [0.15, 0.2) is 42.6 Å². The first-order valence-corrected chi connectivity index (χ1v) is 10.3. The summed E-state index contributed by atoms with van der Waals surface area (Å²) >= 11 is 0. The highest BCUT2D eigenvalue weighted by molar-refractivity contribution is 7.89. The number of benzene rings is 2. The summed E-state index contributed by atoms with van der Waals surface area (Å²) in [6.45, 7) is 5.24. The van der Waals surface area contributed by atoms with Crippen molar-refractivity contribution >= 4 is 26.6 Å². The fraction of sp³-hybridized carbons (Fsp3) is 0.316. The fourth-order valence-corrected chi connectivity index (χ4v) is 4.44. The Labute approximate surface area is 153 Å². The molecule has 4 rings (SSSR count). The molecule has 0 amide bonds. The average molecular weight is 370 g/mol. The molecule has 1 atom stereocenters. The topological polar surface area (TPSA) is 81.2 Å². The maximum Gasteiger partial charge on any atom is 0.213 e. The van der Waals surface area contributed by atoms with Gasteiger partial charge in [-0.25, -0.2) is 18.2 Å². The van der Waals surface area contributed by atoms with E-state index in [0.717, 1.165) is 27.8 Å². The predicted octanol–water partition coefficient (Wildman–Crippen LogP) is 2.51. The van der Waals surface area contributed by atoms with Gasteiger partial charge in [-0.15, -0.1) is 0 Å². The van der Waals surface area contributed by atoms with E-state index < -0.39 is 15.3 Å². The number of aryl methyl sites for hydroxylation is 2. The number of fused-ring (bicyclic) bond motifs is 1. The van der Waals surface area contributed by atoms with Crippen LogP contribution in [0.5, 0.6) is 0 Å². The smallest absolute Gasteiger partial charge is 0.213 e. The standard InChI is InChI=1S/C19H22N4O2S/c1-13-3-5-16(6-4-13)23-19-9-14(2)18(10-15(19)11-21-23)22-8-7-17(12-22)26(20,24)25/h3-6,9-11,17H,7-8,12H2,1-2H3,(H2,20,24,25). The number of anilines is 1. The van der Waals surface area contributed by atoms with Crippen molar-refractivity contribution in [1.82, 2.24) is 9.78 Å². The van der Waals surface area contributed by atoms with E-state index >= 15 is 0 Å². The Morgan fingerprint density at radius 3 is 2.54 bits per heavy atom. The molecular weight excluding hydrogens is 348 g/mol. The third-order valence-electron chi connectivity index (χ3n) is 5.11. The van der Waals surface area contributed by atoms with Crippen LogP contribution in [0.25, 0.3) is 16.6 Å². The van der Waals surface area contributed by atoms with Gasteiger partial charge in [0.2, 0.25) is 10.0 Å². The van der Waals surface area contributed by atoms with Gasteiger partial charge < -0.3 is 4.90 Å². The minimum Gasteiger partial charge on any atom is -0.370 e. The summed E-state index contributed by atoms with van der Waals surface area (Å²) in [5.74, 6) is 0. The number of nitrogens with zero attached hydrogens (tertiary/aromatic N) is 3. The molecule has 0 spiro atoms. The lowest BCUT2D eigenvalue weighted by atomic mass is 10.1. The molecule has 1 fully saturated rings. The number of rotatable bonds is 3. The van der Waals surface area contributed by atoms with Gasteiger partial charge in [-0.05, 0) is 50.1 Å². The molecule has 2 N–H and O–H groups in total. The van der Waals surface area contributed by atoms with Crippen LogP contribution >= 0.6 is 0 Å². The summed E-state index contributed by atoms with van der Waals surface area (Å²) in [7, 11) is -3.49. The van der Waals surface area contributed by atoms with Crippen molar-refractivity contribution in [3.8, 4) is 5.69 Å². The molecule has 0 aliphatic carbocycles. The van der Waals surface area contributed by atoms with Gasteiger partial charge in [-0.2, -0.15) is 5.10 Å². The largest absolute Gasteiger partial charge is 0.370 e. The molecule has 0 radical (unpaired) electrons. The molecule has 0 saturated carbocycles. The monoisotopic (exact) mass is 370 g/mol. The van der Waals surface area contributed by atoms with Crippen LogP contribution in [0.3, 0.4) is 0 Å². The molecule has 3 aromatic rings. The summed E-state index contributed by atoms with van der Waals surface area (Å²) in [4.78, 5) is 2.10. The van der Waals surface area contributed by atoms with Gasteiger partial charge in [-0.1, -0.05) is 17.7 Å². The summed E-state index contributed by atoms with van der Waals surface area (Å²) in [5, 5.41) is 10.4. The van der Waals surface area contributed by atoms with E-state index in [9.17, 15) is 8.42 Å². The van der Waals surface area contributed by atoms with Crippen LogP contribution in [0.4, 0.5) is 5.69 Å². The first kappa shape index (κ1) is 17.1. The van der Waals surface area contributed by atoms with E-state index in [1.54, 1.807) is 0 Å². The van der Waals surface area contributed by atoms with Gasteiger partial charge in [0, 0.05) is 24.2 Å². The minimum atomic E-state index is -3.49. The van der Waals surface area contributed by atoms with Crippen molar-refractivity contribution in [3.63, 3.8) is 0 Å². The summed E-state index contributed by atoms with van der Waals surface area (Å²) in [6, 6.07) is 12.5. The van der Waals surface area contributed by atoms with Crippen LogP contribution in [0, 0.1) is 13.8 Å². The number of hydrogen-bond donors (Lipinski definition) is 1. The molecule has 0 bridgehead atoms. The SMILES string of the molecule is Cc1ccc(-n2ncc3cc(N4CCC(S(N)(=O)=O)C4)c(C)cc32)cc1. The molecule has 1 aliphatic rings. The Kier molecular flexibility index (Phi) is 4.00. The van der Waals surface area contributed by atoms with E-state index in [4.69, 9.17) is 5.14 Å². The Bertz CT molecular complexity index is 1070. The van der Waals surface area contributed by atoms with Crippen molar-refractivity contribution in [2.75, 3.05) is 18.0 Å².